The fourth-order valence-electron chi connectivity index (χ4n) is 5.45. The van der Waals surface area contributed by atoms with E-state index in [4.69, 9.17) is 14.2 Å². The van der Waals surface area contributed by atoms with Crippen molar-refractivity contribution in [1.82, 2.24) is 4.57 Å². The fraction of sp³-hybridized carbons (Fsp3) is 0.636. The molecule has 1 aromatic heterocycles. The summed E-state index contributed by atoms with van der Waals surface area (Å²) in [5.41, 5.74) is 3.02. The van der Waals surface area contributed by atoms with Crippen molar-refractivity contribution >= 4 is 11.9 Å². The number of rotatable bonds is 2. The van der Waals surface area contributed by atoms with Gasteiger partial charge < -0.3 is 18.8 Å². The van der Waals surface area contributed by atoms with Crippen LogP contribution in [0.4, 0.5) is 0 Å². The average molecular weight is 385 g/mol. The Hall–Kier alpha value is -2.08. The van der Waals surface area contributed by atoms with Crippen molar-refractivity contribution in [3.8, 4) is 0 Å². The Morgan fingerprint density at radius 1 is 1.11 bits per heavy atom. The SMILES string of the molecule is CC1=C[C@@H]([C@H]2O[C@@H]3CCCn4c(ccc4[C@@H]4C[C@H](C)C(=O)O4)[C@H]3[C@@H]2C)OC1=O. The highest BCUT2D eigenvalue weighted by atomic mass is 16.6. The molecule has 0 spiro atoms. The number of carbonyl (C=O) groups is 2. The van der Waals surface area contributed by atoms with Crippen molar-refractivity contribution in [3.63, 3.8) is 0 Å². The van der Waals surface area contributed by atoms with Gasteiger partial charge in [0.1, 0.15) is 18.3 Å². The third-order valence-corrected chi connectivity index (χ3v) is 6.94. The zero-order chi connectivity index (χ0) is 19.6. The molecule has 0 amide bonds. The van der Waals surface area contributed by atoms with E-state index in [1.807, 2.05) is 13.0 Å². The van der Waals surface area contributed by atoms with E-state index in [1.54, 1.807) is 6.92 Å². The first kappa shape index (κ1) is 18.0. The highest BCUT2D eigenvalue weighted by Crippen LogP contribution is 2.47. The first-order valence-electron chi connectivity index (χ1n) is 10.4. The number of aromatic nitrogens is 1. The van der Waals surface area contributed by atoms with Crippen LogP contribution in [-0.4, -0.2) is 34.8 Å². The summed E-state index contributed by atoms with van der Waals surface area (Å²) in [5, 5.41) is 0. The second kappa shape index (κ2) is 6.48. The molecule has 0 aliphatic carbocycles. The number of hydrogen-bond acceptors (Lipinski definition) is 5. The molecule has 0 N–H and O–H groups in total. The second-order valence-electron chi connectivity index (χ2n) is 8.78. The standard InChI is InChI=1S/C22H27NO5/c1-11-9-17(27-21(11)24)14-6-7-15-19-13(3)20(18-10-12(2)22(25)28-18)26-16(19)5-4-8-23(14)15/h6-7,10-11,13,16-20H,4-5,8-9H2,1-3H3/t11-,13-,16+,17-,18-,19+,20-/m0/s1. The van der Waals surface area contributed by atoms with E-state index in [1.165, 1.54) is 5.69 Å². The Labute approximate surface area is 164 Å². The molecule has 7 atom stereocenters. The summed E-state index contributed by atoms with van der Waals surface area (Å²) < 4.78 is 20.0. The van der Waals surface area contributed by atoms with Crippen LogP contribution in [0.2, 0.25) is 0 Å². The Kier molecular flexibility index (Phi) is 4.16. The lowest BCUT2D eigenvalue weighted by Gasteiger charge is -2.23. The summed E-state index contributed by atoms with van der Waals surface area (Å²) in [6.07, 6.45) is 4.21. The monoisotopic (exact) mass is 385 g/mol. The van der Waals surface area contributed by atoms with Crippen molar-refractivity contribution < 1.29 is 23.8 Å². The number of fused-ring (bicyclic) bond motifs is 3. The van der Waals surface area contributed by atoms with E-state index in [0.717, 1.165) is 31.5 Å². The van der Waals surface area contributed by atoms with Crippen molar-refractivity contribution in [3.05, 3.63) is 35.2 Å². The lowest BCUT2D eigenvalue weighted by molar-refractivity contribution is -0.146. The van der Waals surface area contributed by atoms with Crippen molar-refractivity contribution in [2.45, 2.75) is 76.9 Å². The molecule has 6 nitrogen and oxygen atoms in total. The molecule has 0 aromatic carbocycles. The van der Waals surface area contributed by atoms with Gasteiger partial charge >= 0.3 is 11.9 Å². The molecular formula is C22H27NO5. The fourth-order valence-corrected chi connectivity index (χ4v) is 5.45. The lowest BCUT2D eigenvalue weighted by Crippen LogP contribution is -2.31. The minimum Gasteiger partial charge on any atom is -0.456 e. The number of nitrogens with zero attached hydrogens (tertiary/aromatic N) is 1. The lowest BCUT2D eigenvalue weighted by atomic mass is 9.83. The second-order valence-corrected chi connectivity index (χ2v) is 8.78. The Balaban J connectivity index is 1.45. The molecule has 0 unspecified atom stereocenters. The highest BCUT2D eigenvalue weighted by molar-refractivity contribution is 5.90. The normalized spacial score (nSPS) is 39.8. The zero-order valence-electron chi connectivity index (χ0n) is 16.6. The summed E-state index contributed by atoms with van der Waals surface area (Å²) in [7, 11) is 0. The molecule has 0 radical (unpaired) electrons. The summed E-state index contributed by atoms with van der Waals surface area (Å²) in [4.78, 5) is 23.7. The molecule has 4 aliphatic rings. The van der Waals surface area contributed by atoms with Gasteiger partial charge in [0.05, 0.1) is 17.7 Å². The molecule has 150 valence electrons. The molecule has 2 fully saturated rings. The Morgan fingerprint density at radius 3 is 2.57 bits per heavy atom. The number of carbonyl (C=O) groups excluding carboxylic acids is 2. The minimum absolute atomic E-state index is 0.0418. The van der Waals surface area contributed by atoms with E-state index in [2.05, 4.69) is 23.6 Å². The minimum atomic E-state index is -0.297. The molecule has 5 heterocycles. The maximum Gasteiger partial charge on any atom is 0.334 e. The van der Waals surface area contributed by atoms with Gasteiger partial charge in [-0.05, 0) is 43.9 Å². The van der Waals surface area contributed by atoms with Gasteiger partial charge in [-0.25, -0.2) is 4.79 Å². The number of cyclic esters (lactones) is 2. The molecule has 6 heteroatoms. The van der Waals surface area contributed by atoms with E-state index < -0.39 is 0 Å². The van der Waals surface area contributed by atoms with Gasteiger partial charge in [-0.2, -0.15) is 0 Å². The quantitative estimate of drug-likeness (QED) is 0.731. The van der Waals surface area contributed by atoms with Crippen LogP contribution < -0.4 is 0 Å². The zero-order valence-corrected chi connectivity index (χ0v) is 16.6. The van der Waals surface area contributed by atoms with Crippen LogP contribution in [0.15, 0.2) is 23.8 Å². The summed E-state index contributed by atoms with van der Waals surface area (Å²) in [6.45, 7) is 6.85. The summed E-state index contributed by atoms with van der Waals surface area (Å²) in [6, 6.07) is 4.30. The van der Waals surface area contributed by atoms with Crippen LogP contribution in [0.25, 0.3) is 0 Å². The van der Waals surface area contributed by atoms with Crippen LogP contribution in [0.5, 0.6) is 0 Å². The molecule has 4 aliphatic heterocycles. The molecule has 28 heavy (non-hydrogen) atoms. The molecule has 0 saturated carbocycles. The first-order chi connectivity index (χ1) is 13.4. The van der Waals surface area contributed by atoms with Gasteiger partial charge in [0.25, 0.3) is 0 Å². The van der Waals surface area contributed by atoms with E-state index in [9.17, 15) is 9.59 Å². The summed E-state index contributed by atoms with van der Waals surface area (Å²) >= 11 is 0. The average Bonchev–Trinajstić information content (AvgIpc) is 3.35. The maximum atomic E-state index is 11.9. The van der Waals surface area contributed by atoms with Crippen LogP contribution in [0.3, 0.4) is 0 Å². The van der Waals surface area contributed by atoms with Crippen molar-refractivity contribution in [2.24, 2.45) is 11.8 Å². The van der Waals surface area contributed by atoms with Crippen LogP contribution in [0.1, 0.15) is 63.4 Å². The van der Waals surface area contributed by atoms with Crippen LogP contribution >= 0.6 is 0 Å². The highest BCUT2D eigenvalue weighted by Gasteiger charge is 2.49. The Bertz CT molecular complexity index is 855. The van der Waals surface area contributed by atoms with Crippen molar-refractivity contribution in [2.75, 3.05) is 0 Å². The maximum absolute atomic E-state index is 11.9. The Morgan fingerprint density at radius 2 is 1.89 bits per heavy atom. The molecule has 5 rings (SSSR count). The van der Waals surface area contributed by atoms with Gasteiger partial charge in [0, 0.05) is 30.2 Å². The first-order valence-corrected chi connectivity index (χ1v) is 10.4. The van der Waals surface area contributed by atoms with Gasteiger partial charge in [0.15, 0.2) is 0 Å². The number of ether oxygens (including phenoxy) is 3. The van der Waals surface area contributed by atoms with Crippen LogP contribution in [-0.2, 0) is 30.3 Å². The van der Waals surface area contributed by atoms with Crippen LogP contribution in [0, 0.1) is 11.8 Å². The van der Waals surface area contributed by atoms with Gasteiger partial charge in [-0.3, -0.25) is 4.79 Å². The largest absolute Gasteiger partial charge is 0.456 e. The molecular weight excluding hydrogens is 358 g/mol. The molecule has 0 bridgehead atoms. The number of esters is 2. The molecule has 2 saturated heterocycles. The number of hydrogen-bond donors (Lipinski definition) is 0. The van der Waals surface area contributed by atoms with E-state index >= 15 is 0 Å². The molecule has 1 aromatic rings. The topological polar surface area (TPSA) is 66.8 Å². The third-order valence-electron chi connectivity index (χ3n) is 6.94. The predicted octanol–water partition coefficient (Wildman–Crippen LogP) is 3.26. The van der Waals surface area contributed by atoms with Gasteiger partial charge in [-0.1, -0.05) is 13.8 Å². The van der Waals surface area contributed by atoms with Gasteiger partial charge in [0.2, 0.25) is 0 Å². The van der Waals surface area contributed by atoms with Gasteiger partial charge in [-0.15, -0.1) is 0 Å². The van der Waals surface area contributed by atoms with E-state index in [0.29, 0.717) is 5.57 Å². The van der Waals surface area contributed by atoms with Crippen molar-refractivity contribution in [1.29, 1.82) is 0 Å². The third kappa shape index (κ3) is 2.65. The summed E-state index contributed by atoms with van der Waals surface area (Å²) in [5.74, 6) is 0.101. The predicted molar refractivity (Wildman–Crippen MR) is 100 cm³/mol. The van der Waals surface area contributed by atoms with E-state index in [-0.39, 0.29) is 54.1 Å². The smallest absolute Gasteiger partial charge is 0.334 e.